The lowest BCUT2D eigenvalue weighted by Crippen LogP contribution is -1.93. The van der Waals surface area contributed by atoms with Gasteiger partial charge in [-0.15, -0.1) is 0 Å². The lowest BCUT2D eigenvalue weighted by molar-refractivity contribution is -0.107. The molecule has 0 N–H and O–H groups in total. The molecule has 0 aliphatic carbocycles. The molecule has 0 spiro atoms. The SMILES string of the molecule is C=CCO/C(C=O)=C\c1ccc(OC)cc1. The van der Waals surface area contributed by atoms with Crippen LogP contribution in [0.4, 0.5) is 0 Å². The molecule has 84 valence electrons. The number of hydrogen-bond donors (Lipinski definition) is 0. The largest absolute Gasteiger partial charge is 0.497 e. The van der Waals surface area contributed by atoms with Gasteiger partial charge in [0.05, 0.1) is 7.11 Å². The van der Waals surface area contributed by atoms with Crippen LogP contribution in [-0.4, -0.2) is 20.0 Å². The van der Waals surface area contributed by atoms with E-state index >= 15 is 0 Å². The Morgan fingerprint density at radius 3 is 2.56 bits per heavy atom. The van der Waals surface area contributed by atoms with E-state index in [4.69, 9.17) is 9.47 Å². The monoisotopic (exact) mass is 218 g/mol. The van der Waals surface area contributed by atoms with E-state index in [9.17, 15) is 4.79 Å². The Labute approximate surface area is 95.0 Å². The summed E-state index contributed by atoms with van der Waals surface area (Å²) in [4.78, 5) is 10.7. The van der Waals surface area contributed by atoms with Crippen LogP contribution in [0.2, 0.25) is 0 Å². The molecule has 0 aliphatic rings. The molecule has 1 aromatic carbocycles. The fourth-order valence-electron chi connectivity index (χ4n) is 1.13. The number of methoxy groups -OCH3 is 1. The number of benzene rings is 1. The highest BCUT2D eigenvalue weighted by Crippen LogP contribution is 2.13. The highest BCUT2D eigenvalue weighted by Gasteiger charge is 1.96. The van der Waals surface area contributed by atoms with Gasteiger partial charge < -0.3 is 9.47 Å². The molecule has 1 aromatic rings. The molecule has 0 amide bonds. The van der Waals surface area contributed by atoms with Crippen molar-refractivity contribution in [3.05, 3.63) is 48.2 Å². The van der Waals surface area contributed by atoms with Crippen LogP contribution >= 0.6 is 0 Å². The fraction of sp³-hybridized carbons (Fsp3) is 0.154. The first-order valence-electron chi connectivity index (χ1n) is 4.84. The number of allylic oxidation sites excluding steroid dienone is 1. The number of carbonyl (C=O) groups is 1. The summed E-state index contributed by atoms with van der Waals surface area (Å²) < 4.78 is 10.2. The zero-order valence-electron chi connectivity index (χ0n) is 9.18. The predicted octanol–water partition coefficient (Wildman–Crippen LogP) is 2.44. The van der Waals surface area contributed by atoms with E-state index in [0.29, 0.717) is 12.9 Å². The van der Waals surface area contributed by atoms with Crippen molar-refractivity contribution >= 4 is 12.4 Å². The van der Waals surface area contributed by atoms with Gasteiger partial charge in [-0.2, -0.15) is 0 Å². The number of hydrogen-bond acceptors (Lipinski definition) is 3. The summed E-state index contributed by atoms with van der Waals surface area (Å²) in [7, 11) is 1.61. The molecule has 1 rings (SSSR count). The lowest BCUT2D eigenvalue weighted by atomic mass is 10.2. The quantitative estimate of drug-likeness (QED) is 0.318. The molecule has 0 aromatic heterocycles. The summed E-state index contributed by atoms with van der Waals surface area (Å²) >= 11 is 0. The second-order valence-corrected chi connectivity index (χ2v) is 3.04. The minimum atomic E-state index is 0.282. The molecule has 0 saturated heterocycles. The third-order valence-electron chi connectivity index (χ3n) is 1.91. The van der Waals surface area contributed by atoms with Gasteiger partial charge in [-0.25, -0.2) is 0 Å². The van der Waals surface area contributed by atoms with Gasteiger partial charge in [0.1, 0.15) is 12.4 Å². The highest BCUT2D eigenvalue weighted by molar-refractivity contribution is 5.79. The van der Waals surface area contributed by atoms with E-state index in [-0.39, 0.29) is 5.76 Å². The number of carbonyl (C=O) groups excluding carboxylic acids is 1. The first-order chi connectivity index (χ1) is 7.80. The first-order valence-corrected chi connectivity index (χ1v) is 4.84. The average molecular weight is 218 g/mol. The molecule has 0 bridgehead atoms. The van der Waals surface area contributed by atoms with E-state index in [1.54, 1.807) is 19.3 Å². The van der Waals surface area contributed by atoms with Crippen molar-refractivity contribution in [2.75, 3.05) is 13.7 Å². The number of rotatable bonds is 6. The topological polar surface area (TPSA) is 35.5 Å². The lowest BCUT2D eigenvalue weighted by Gasteiger charge is -2.02. The maximum Gasteiger partial charge on any atom is 0.184 e. The van der Waals surface area contributed by atoms with Crippen molar-refractivity contribution in [1.82, 2.24) is 0 Å². The van der Waals surface area contributed by atoms with Crippen molar-refractivity contribution in [2.45, 2.75) is 0 Å². The summed E-state index contributed by atoms with van der Waals surface area (Å²) in [5, 5.41) is 0. The van der Waals surface area contributed by atoms with Crippen molar-refractivity contribution in [2.24, 2.45) is 0 Å². The van der Waals surface area contributed by atoms with E-state index in [1.165, 1.54) is 0 Å². The first kappa shape index (κ1) is 12.0. The minimum absolute atomic E-state index is 0.282. The number of ether oxygens (including phenoxy) is 2. The molecular formula is C13H14O3. The summed E-state index contributed by atoms with van der Waals surface area (Å²) in [6.07, 6.45) is 3.93. The zero-order valence-corrected chi connectivity index (χ0v) is 9.18. The van der Waals surface area contributed by atoms with Gasteiger partial charge in [0.25, 0.3) is 0 Å². The standard InChI is InChI=1S/C13H14O3/c1-3-8-16-13(10-14)9-11-4-6-12(15-2)7-5-11/h3-7,9-10H,1,8H2,2H3/b13-9-. The maximum atomic E-state index is 10.7. The molecule has 3 nitrogen and oxygen atoms in total. The van der Waals surface area contributed by atoms with E-state index < -0.39 is 0 Å². The zero-order chi connectivity index (χ0) is 11.8. The van der Waals surface area contributed by atoms with Crippen LogP contribution < -0.4 is 4.74 Å². The summed E-state index contributed by atoms with van der Waals surface area (Å²) in [5.74, 6) is 1.06. The normalized spacial score (nSPS) is 10.7. The molecule has 0 aliphatic heterocycles. The Bertz CT molecular complexity index is 377. The molecule has 16 heavy (non-hydrogen) atoms. The summed E-state index contributed by atoms with van der Waals surface area (Å²) in [6, 6.07) is 7.34. The van der Waals surface area contributed by atoms with Crippen LogP contribution in [0.25, 0.3) is 6.08 Å². The predicted molar refractivity (Wildman–Crippen MR) is 63.2 cm³/mol. The fourth-order valence-corrected chi connectivity index (χ4v) is 1.13. The third kappa shape index (κ3) is 3.61. The van der Waals surface area contributed by atoms with Crippen molar-refractivity contribution in [3.8, 4) is 5.75 Å². The van der Waals surface area contributed by atoms with Crippen LogP contribution in [0.1, 0.15) is 5.56 Å². The molecule has 0 radical (unpaired) electrons. The Morgan fingerprint density at radius 2 is 2.06 bits per heavy atom. The van der Waals surface area contributed by atoms with E-state index in [2.05, 4.69) is 6.58 Å². The molecule has 0 saturated carbocycles. The maximum absolute atomic E-state index is 10.7. The molecule has 0 unspecified atom stereocenters. The van der Waals surface area contributed by atoms with Gasteiger partial charge in [0.2, 0.25) is 0 Å². The van der Waals surface area contributed by atoms with Crippen molar-refractivity contribution < 1.29 is 14.3 Å². The van der Waals surface area contributed by atoms with Crippen LogP contribution in [0, 0.1) is 0 Å². The van der Waals surface area contributed by atoms with Crippen LogP contribution in [0.15, 0.2) is 42.7 Å². The average Bonchev–Trinajstić information content (AvgIpc) is 2.35. The Hall–Kier alpha value is -2.03. The molecule has 0 heterocycles. The molecular weight excluding hydrogens is 204 g/mol. The van der Waals surface area contributed by atoms with Gasteiger partial charge >= 0.3 is 0 Å². The Kier molecular flexibility index (Phi) is 4.86. The van der Waals surface area contributed by atoms with Gasteiger partial charge in [-0.05, 0) is 23.8 Å². The van der Waals surface area contributed by atoms with Gasteiger partial charge in [0, 0.05) is 0 Å². The molecule has 0 fully saturated rings. The van der Waals surface area contributed by atoms with Crippen LogP contribution in [0.5, 0.6) is 5.75 Å². The van der Waals surface area contributed by atoms with Crippen molar-refractivity contribution in [1.29, 1.82) is 0 Å². The minimum Gasteiger partial charge on any atom is -0.497 e. The van der Waals surface area contributed by atoms with Crippen molar-refractivity contribution in [3.63, 3.8) is 0 Å². The smallest absolute Gasteiger partial charge is 0.184 e. The highest BCUT2D eigenvalue weighted by atomic mass is 16.5. The summed E-state index contributed by atoms with van der Waals surface area (Å²) in [6.45, 7) is 3.83. The molecule has 0 atom stereocenters. The van der Waals surface area contributed by atoms with E-state index in [0.717, 1.165) is 11.3 Å². The van der Waals surface area contributed by atoms with Crippen LogP contribution in [0.3, 0.4) is 0 Å². The van der Waals surface area contributed by atoms with Gasteiger partial charge in [0.15, 0.2) is 12.0 Å². The second kappa shape index (κ2) is 6.45. The second-order valence-electron chi connectivity index (χ2n) is 3.04. The van der Waals surface area contributed by atoms with E-state index in [1.807, 2.05) is 24.3 Å². The van der Waals surface area contributed by atoms with Gasteiger partial charge in [-0.3, -0.25) is 4.79 Å². The Balaban J connectivity index is 2.77. The third-order valence-corrected chi connectivity index (χ3v) is 1.91. The molecule has 3 heteroatoms. The Morgan fingerprint density at radius 1 is 1.38 bits per heavy atom. The van der Waals surface area contributed by atoms with Crippen LogP contribution in [-0.2, 0) is 9.53 Å². The van der Waals surface area contributed by atoms with Gasteiger partial charge in [-0.1, -0.05) is 24.8 Å². The summed E-state index contributed by atoms with van der Waals surface area (Å²) in [5.41, 5.74) is 0.881. The number of aldehydes is 1.